The first-order chi connectivity index (χ1) is 5.66. The molecular formula is C12H22. The molecule has 0 saturated carbocycles. The average molecular weight is 166 g/mol. The maximum absolute atomic E-state index is 2.38. The van der Waals surface area contributed by atoms with Crippen molar-refractivity contribution in [1.82, 2.24) is 0 Å². The van der Waals surface area contributed by atoms with Crippen LogP contribution in [0.3, 0.4) is 0 Å². The maximum Gasteiger partial charge on any atom is -0.0232 e. The van der Waals surface area contributed by atoms with E-state index < -0.39 is 0 Å². The smallest absolute Gasteiger partial charge is 0.0232 e. The number of allylic oxidation sites excluding steroid dienone is 2. The summed E-state index contributed by atoms with van der Waals surface area (Å²) in [4.78, 5) is 0. The highest BCUT2D eigenvalue weighted by Gasteiger charge is 2.19. The molecule has 0 nitrogen and oxygen atoms in total. The second kappa shape index (κ2) is 4.11. The minimum Gasteiger partial charge on any atom is -0.0682 e. The Hall–Kier alpha value is -0.260. The van der Waals surface area contributed by atoms with Crippen LogP contribution in [0.15, 0.2) is 11.1 Å². The summed E-state index contributed by atoms with van der Waals surface area (Å²) < 4.78 is 0. The fourth-order valence-electron chi connectivity index (χ4n) is 2.26. The Morgan fingerprint density at radius 3 is 2.17 bits per heavy atom. The molecule has 0 radical (unpaired) electrons. The molecule has 0 aromatic carbocycles. The highest BCUT2D eigenvalue weighted by atomic mass is 14.3. The minimum atomic E-state index is 0.788. The van der Waals surface area contributed by atoms with Gasteiger partial charge in [-0.15, -0.1) is 0 Å². The van der Waals surface area contributed by atoms with Gasteiger partial charge in [0.15, 0.2) is 0 Å². The molecule has 0 aromatic rings. The lowest BCUT2D eigenvalue weighted by Crippen LogP contribution is -2.01. The van der Waals surface area contributed by atoms with Crippen molar-refractivity contribution >= 4 is 0 Å². The van der Waals surface area contributed by atoms with E-state index >= 15 is 0 Å². The van der Waals surface area contributed by atoms with Crippen molar-refractivity contribution in [3.05, 3.63) is 11.1 Å². The summed E-state index contributed by atoms with van der Waals surface area (Å²) in [7, 11) is 0. The third kappa shape index (κ3) is 1.91. The van der Waals surface area contributed by atoms with E-state index in [-0.39, 0.29) is 0 Å². The molecule has 0 aliphatic heterocycles. The molecule has 70 valence electrons. The van der Waals surface area contributed by atoms with Gasteiger partial charge in [-0.2, -0.15) is 0 Å². The standard InChI is InChI=1S/C12H22/c1-5-10(4)12-8-6-7-11(12)9(2)3/h9-10H,5-8H2,1-4H3. The van der Waals surface area contributed by atoms with Gasteiger partial charge in [0.05, 0.1) is 0 Å². The van der Waals surface area contributed by atoms with E-state index in [1.807, 2.05) is 0 Å². The Labute approximate surface area is 77.1 Å². The first-order valence-corrected chi connectivity index (χ1v) is 5.38. The summed E-state index contributed by atoms with van der Waals surface area (Å²) in [6, 6.07) is 0. The van der Waals surface area contributed by atoms with Crippen molar-refractivity contribution in [3.63, 3.8) is 0 Å². The molecule has 0 N–H and O–H groups in total. The lowest BCUT2D eigenvalue weighted by molar-refractivity contribution is 0.619. The van der Waals surface area contributed by atoms with E-state index in [4.69, 9.17) is 0 Å². The molecule has 1 aliphatic rings. The van der Waals surface area contributed by atoms with Gasteiger partial charge >= 0.3 is 0 Å². The fourth-order valence-corrected chi connectivity index (χ4v) is 2.26. The predicted molar refractivity (Wildman–Crippen MR) is 55.2 cm³/mol. The fraction of sp³-hybridized carbons (Fsp3) is 0.833. The highest BCUT2D eigenvalue weighted by molar-refractivity contribution is 5.22. The van der Waals surface area contributed by atoms with Gasteiger partial charge in [0.2, 0.25) is 0 Å². The van der Waals surface area contributed by atoms with Gasteiger partial charge in [0, 0.05) is 0 Å². The van der Waals surface area contributed by atoms with Crippen LogP contribution in [0.1, 0.15) is 53.4 Å². The molecule has 12 heavy (non-hydrogen) atoms. The van der Waals surface area contributed by atoms with Crippen LogP contribution in [-0.2, 0) is 0 Å². The molecule has 0 aromatic heterocycles. The van der Waals surface area contributed by atoms with Gasteiger partial charge in [-0.25, -0.2) is 0 Å². The van der Waals surface area contributed by atoms with Crippen LogP contribution in [0.4, 0.5) is 0 Å². The summed E-state index contributed by atoms with van der Waals surface area (Å²) in [6.07, 6.45) is 5.47. The van der Waals surface area contributed by atoms with Crippen LogP contribution in [-0.4, -0.2) is 0 Å². The van der Waals surface area contributed by atoms with Crippen LogP contribution < -0.4 is 0 Å². The number of hydrogen-bond acceptors (Lipinski definition) is 0. The lowest BCUT2D eigenvalue weighted by atomic mass is 9.91. The zero-order valence-corrected chi connectivity index (χ0v) is 8.98. The summed E-state index contributed by atoms with van der Waals surface area (Å²) in [6.45, 7) is 9.35. The first-order valence-electron chi connectivity index (χ1n) is 5.38. The zero-order valence-electron chi connectivity index (χ0n) is 8.98. The van der Waals surface area contributed by atoms with Crippen LogP contribution in [0.2, 0.25) is 0 Å². The Kier molecular flexibility index (Phi) is 3.37. The number of rotatable bonds is 3. The van der Waals surface area contributed by atoms with Crippen LogP contribution in [0.25, 0.3) is 0 Å². The lowest BCUT2D eigenvalue weighted by Gasteiger charge is -2.15. The summed E-state index contributed by atoms with van der Waals surface area (Å²) in [5, 5.41) is 0. The average Bonchev–Trinajstić information content (AvgIpc) is 2.50. The molecule has 0 spiro atoms. The topological polar surface area (TPSA) is 0 Å². The van der Waals surface area contributed by atoms with Crippen molar-refractivity contribution < 1.29 is 0 Å². The molecule has 0 fully saturated rings. The van der Waals surface area contributed by atoms with Gasteiger partial charge in [-0.1, -0.05) is 38.8 Å². The van der Waals surface area contributed by atoms with E-state index in [0.29, 0.717) is 0 Å². The van der Waals surface area contributed by atoms with Crippen molar-refractivity contribution in [2.24, 2.45) is 11.8 Å². The van der Waals surface area contributed by atoms with Gasteiger partial charge in [0.1, 0.15) is 0 Å². The Balaban J connectivity index is 2.76. The summed E-state index contributed by atoms with van der Waals surface area (Å²) in [5.74, 6) is 1.63. The Morgan fingerprint density at radius 2 is 1.67 bits per heavy atom. The normalized spacial score (nSPS) is 20.8. The zero-order chi connectivity index (χ0) is 9.14. The third-order valence-electron chi connectivity index (χ3n) is 3.21. The van der Waals surface area contributed by atoms with Crippen molar-refractivity contribution in [1.29, 1.82) is 0 Å². The quantitative estimate of drug-likeness (QED) is 0.552. The van der Waals surface area contributed by atoms with Crippen molar-refractivity contribution in [2.45, 2.75) is 53.4 Å². The van der Waals surface area contributed by atoms with E-state index in [0.717, 1.165) is 11.8 Å². The molecule has 0 amide bonds. The van der Waals surface area contributed by atoms with Crippen molar-refractivity contribution in [3.8, 4) is 0 Å². The molecule has 1 atom stereocenters. The van der Waals surface area contributed by atoms with Gasteiger partial charge in [-0.3, -0.25) is 0 Å². The summed E-state index contributed by atoms with van der Waals surface area (Å²) >= 11 is 0. The van der Waals surface area contributed by atoms with Gasteiger partial charge < -0.3 is 0 Å². The monoisotopic (exact) mass is 166 g/mol. The number of hydrogen-bond donors (Lipinski definition) is 0. The van der Waals surface area contributed by atoms with E-state index in [2.05, 4.69) is 27.7 Å². The largest absolute Gasteiger partial charge is 0.0682 e. The molecule has 0 bridgehead atoms. The Bertz CT molecular complexity index is 174. The second-order valence-electron chi connectivity index (χ2n) is 4.37. The van der Waals surface area contributed by atoms with E-state index in [1.54, 1.807) is 11.1 Å². The second-order valence-corrected chi connectivity index (χ2v) is 4.37. The van der Waals surface area contributed by atoms with Gasteiger partial charge in [-0.05, 0) is 37.5 Å². The molecule has 0 heteroatoms. The third-order valence-corrected chi connectivity index (χ3v) is 3.21. The summed E-state index contributed by atoms with van der Waals surface area (Å²) in [5.41, 5.74) is 3.55. The predicted octanol–water partition coefficient (Wildman–Crippen LogP) is 4.17. The highest BCUT2D eigenvalue weighted by Crippen LogP contribution is 2.36. The van der Waals surface area contributed by atoms with E-state index in [9.17, 15) is 0 Å². The molecule has 1 rings (SSSR count). The van der Waals surface area contributed by atoms with Gasteiger partial charge in [0.25, 0.3) is 0 Å². The minimum absolute atomic E-state index is 0.788. The van der Waals surface area contributed by atoms with E-state index in [1.165, 1.54) is 25.7 Å². The van der Waals surface area contributed by atoms with Crippen LogP contribution in [0, 0.1) is 11.8 Å². The SMILES string of the molecule is CCC(C)C1=C(C(C)C)CCC1. The van der Waals surface area contributed by atoms with Crippen LogP contribution >= 0.6 is 0 Å². The molecule has 1 unspecified atom stereocenters. The molecule has 0 heterocycles. The Morgan fingerprint density at radius 1 is 1.08 bits per heavy atom. The molecule has 0 saturated heterocycles. The van der Waals surface area contributed by atoms with Crippen LogP contribution in [0.5, 0.6) is 0 Å². The molecular weight excluding hydrogens is 144 g/mol. The molecule has 1 aliphatic carbocycles. The van der Waals surface area contributed by atoms with Crippen molar-refractivity contribution in [2.75, 3.05) is 0 Å². The maximum atomic E-state index is 2.38. The first kappa shape index (κ1) is 9.83.